The molecule has 30 heavy (non-hydrogen) atoms. The molecule has 0 amide bonds. The molecule has 0 aliphatic carbocycles. The summed E-state index contributed by atoms with van der Waals surface area (Å²) in [7, 11) is 1.63. The summed E-state index contributed by atoms with van der Waals surface area (Å²) >= 11 is 1.51. The highest BCUT2D eigenvalue weighted by atomic mass is 32.2. The van der Waals surface area contributed by atoms with Gasteiger partial charge in [-0.05, 0) is 43.3 Å². The van der Waals surface area contributed by atoms with Gasteiger partial charge in [0.2, 0.25) is 0 Å². The van der Waals surface area contributed by atoms with Crippen LogP contribution in [0.5, 0.6) is 11.5 Å². The number of methoxy groups -OCH3 is 1. The van der Waals surface area contributed by atoms with Gasteiger partial charge in [0.1, 0.15) is 24.2 Å². The second-order valence-corrected chi connectivity index (χ2v) is 9.34. The van der Waals surface area contributed by atoms with Gasteiger partial charge in [-0.3, -0.25) is 4.90 Å². The highest BCUT2D eigenvalue weighted by Gasteiger charge is 2.42. The van der Waals surface area contributed by atoms with Crippen molar-refractivity contribution in [2.75, 3.05) is 57.9 Å². The van der Waals surface area contributed by atoms with Crippen LogP contribution >= 0.6 is 11.8 Å². The van der Waals surface area contributed by atoms with Crippen molar-refractivity contribution in [2.45, 2.75) is 22.2 Å². The average Bonchev–Trinajstić information content (AvgIpc) is 2.95. The van der Waals surface area contributed by atoms with Crippen LogP contribution in [0.1, 0.15) is 6.42 Å². The molecule has 1 fully saturated rings. The molecule has 2 heterocycles. The molecule has 7 heteroatoms. The van der Waals surface area contributed by atoms with Gasteiger partial charge in [0.05, 0.1) is 23.4 Å². The lowest BCUT2D eigenvalue weighted by atomic mass is 9.98. The van der Waals surface area contributed by atoms with E-state index in [1.54, 1.807) is 7.11 Å². The maximum absolute atomic E-state index is 10.9. The fraction of sp³-hybridized carbons (Fsp3) is 0.478. The fourth-order valence-corrected chi connectivity index (χ4v) is 5.37. The molecule has 0 saturated carbocycles. The molecule has 2 atom stereocenters. The highest BCUT2D eigenvalue weighted by Crippen LogP contribution is 2.46. The molecule has 0 aromatic heterocycles. The van der Waals surface area contributed by atoms with Crippen LogP contribution in [0, 0.1) is 0 Å². The first-order chi connectivity index (χ1) is 14.6. The number of para-hydroxylation sites is 1. The predicted octanol–water partition coefficient (Wildman–Crippen LogP) is 2.48. The molecule has 0 radical (unpaired) electrons. The number of nitrogens with zero attached hydrogens (tertiary/aromatic N) is 2. The minimum absolute atomic E-state index is 0.108. The summed E-state index contributed by atoms with van der Waals surface area (Å²) in [6, 6.07) is 16.1. The van der Waals surface area contributed by atoms with Crippen LogP contribution in [0.3, 0.4) is 0 Å². The smallest absolute Gasteiger partial charge is 0.133 e. The number of aliphatic hydroxyl groups is 2. The predicted molar refractivity (Wildman–Crippen MR) is 120 cm³/mol. The minimum atomic E-state index is -0.753. The number of benzene rings is 2. The van der Waals surface area contributed by atoms with Crippen molar-refractivity contribution in [3.63, 3.8) is 0 Å². The number of hydrogen-bond acceptors (Lipinski definition) is 7. The number of thioether (sulfide) groups is 1. The topological polar surface area (TPSA) is 65.4 Å². The van der Waals surface area contributed by atoms with Gasteiger partial charge in [0, 0.05) is 31.9 Å². The van der Waals surface area contributed by atoms with Gasteiger partial charge in [0.15, 0.2) is 0 Å². The second-order valence-electron chi connectivity index (χ2n) is 7.88. The molecular weight excluding hydrogens is 400 g/mol. The van der Waals surface area contributed by atoms with Gasteiger partial charge < -0.3 is 24.6 Å². The lowest BCUT2D eigenvalue weighted by Crippen LogP contribution is -2.50. The van der Waals surface area contributed by atoms with Gasteiger partial charge in [-0.25, -0.2) is 0 Å². The second kappa shape index (κ2) is 9.47. The largest absolute Gasteiger partial charge is 0.497 e. The molecule has 1 saturated heterocycles. The van der Waals surface area contributed by atoms with Crippen molar-refractivity contribution >= 4 is 17.4 Å². The zero-order valence-corrected chi connectivity index (χ0v) is 18.2. The molecule has 0 bridgehead atoms. The van der Waals surface area contributed by atoms with Crippen LogP contribution < -0.4 is 14.4 Å². The lowest BCUT2D eigenvalue weighted by Gasteiger charge is -2.39. The summed E-state index contributed by atoms with van der Waals surface area (Å²) in [5.41, 5.74) is 1.27. The van der Waals surface area contributed by atoms with Crippen LogP contribution in [0.25, 0.3) is 0 Å². The SMILES string of the molecule is COc1ccc2c(c1)SC(CO)(CCN1CCN(c3ccccc3)CC1)C(O)CO2. The Kier molecular flexibility index (Phi) is 6.73. The van der Waals surface area contributed by atoms with E-state index >= 15 is 0 Å². The van der Waals surface area contributed by atoms with E-state index < -0.39 is 10.9 Å². The normalized spacial score (nSPS) is 24.6. The number of aliphatic hydroxyl groups excluding tert-OH is 2. The number of rotatable bonds is 6. The Bertz CT molecular complexity index is 829. The van der Waals surface area contributed by atoms with E-state index in [-0.39, 0.29) is 13.2 Å². The van der Waals surface area contributed by atoms with Gasteiger partial charge in [-0.15, -0.1) is 11.8 Å². The third-order valence-corrected chi connectivity index (χ3v) is 7.63. The van der Waals surface area contributed by atoms with E-state index in [4.69, 9.17) is 9.47 Å². The molecule has 2 aliphatic heterocycles. The number of ether oxygens (including phenoxy) is 2. The zero-order valence-electron chi connectivity index (χ0n) is 17.4. The van der Waals surface area contributed by atoms with Crippen LogP contribution in [0.4, 0.5) is 5.69 Å². The molecule has 2 N–H and O–H groups in total. The van der Waals surface area contributed by atoms with E-state index in [1.807, 2.05) is 24.3 Å². The highest BCUT2D eigenvalue weighted by molar-refractivity contribution is 8.00. The lowest BCUT2D eigenvalue weighted by molar-refractivity contribution is 0.0429. The van der Waals surface area contributed by atoms with Gasteiger partial charge in [-0.1, -0.05) is 18.2 Å². The number of piperazine rings is 1. The summed E-state index contributed by atoms with van der Waals surface area (Å²) < 4.78 is 10.5. The van der Waals surface area contributed by atoms with Crippen LogP contribution in [0.2, 0.25) is 0 Å². The van der Waals surface area contributed by atoms with Crippen molar-refractivity contribution in [1.82, 2.24) is 4.90 Å². The van der Waals surface area contributed by atoms with Crippen molar-refractivity contribution in [2.24, 2.45) is 0 Å². The van der Waals surface area contributed by atoms with Crippen LogP contribution in [-0.2, 0) is 0 Å². The Balaban J connectivity index is 1.40. The molecule has 2 aromatic rings. The maximum atomic E-state index is 10.9. The van der Waals surface area contributed by atoms with E-state index in [2.05, 4.69) is 34.1 Å². The van der Waals surface area contributed by atoms with Crippen molar-refractivity contribution in [1.29, 1.82) is 0 Å². The third kappa shape index (κ3) is 4.54. The first-order valence-corrected chi connectivity index (χ1v) is 11.3. The first-order valence-electron chi connectivity index (χ1n) is 10.4. The number of hydrogen-bond donors (Lipinski definition) is 2. The number of anilines is 1. The zero-order chi connectivity index (χ0) is 21.0. The molecule has 6 nitrogen and oxygen atoms in total. The minimum Gasteiger partial charge on any atom is -0.497 e. The molecule has 162 valence electrons. The molecule has 0 spiro atoms. The van der Waals surface area contributed by atoms with Gasteiger partial charge in [-0.2, -0.15) is 0 Å². The Morgan fingerprint density at radius 2 is 1.90 bits per heavy atom. The van der Waals surface area contributed by atoms with E-state index in [0.717, 1.165) is 49.1 Å². The van der Waals surface area contributed by atoms with Crippen molar-refractivity contribution in [3.8, 4) is 11.5 Å². The Morgan fingerprint density at radius 3 is 2.60 bits per heavy atom. The summed E-state index contributed by atoms with van der Waals surface area (Å²) in [6.45, 7) is 4.80. The Labute approximate surface area is 182 Å². The van der Waals surface area contributed by atoms with Crippen LogP contribution in [0.15, 0.2) is 53.4 Å². The van der Waals surface area contributed by atoms with Crippen LogP contribution in [-0.4, -0.2) is 79.0 Å². The molecule has 2 aromatic carbocycles. The molecule has 4 rings (SSSR count). The van der Waals surface area contributed by atoms with E-state index in [1.165, 1.54) is 17.4 Å². The summed E-state index contributed by atoms with van der Waals surface area (Å²) in [4.78, 5) is 5.72. The van der Waals surface area contributed by atoms with Crippen molar-refractivity contribution < 1.29 is 19.7 Å². The molecular formula is C23H30N2O4S. The fourth-order valence-electron chi connectivity index (χ4n) is 4.07. The third-order valence-electron chi connectivity index (χ3n) is 6.08. The van der Waals surface area contributed by atoms with Gasteiger partial charge >= 0.3 is 0 Å². The Hall–Kier alpha value is -1.93. The number of fused-ring (bicyclic) bond motifs is 1. The molecule has 2 unspecified atom stereocenters. The maximum Gasteiger partial charge on any atom is 0.133 e. The average molecular weight is 431 g/mol. The standard InChI is InChI=1S/C23H30N2O4S/c1-28-19-7-8-20-21(15-19)30-23(17-26,22(27)16-29-20)9-10-24-11-13-25(14-12-24)18-5-3-2-4-6-18/h2-8,15,22,26-27H,9-14,16-17H2,1H3. The Morgan fingerprint density at radius 1 is 1.13 bits per heavy atom. The van der Waals surface area contributed by atoms with E-state index in [9.17, 15) is 10.2 Å². The first kappa shape index (κ1) is 21.3. The quantitative estimate of drug-likeness (QED) is 0.730. The van der Waals surface area contributed by atoms with Crippen molar-refractivity contribution in [3.05, 3.63) is 48.5 Å². The van der Waals surface area contributed by atoms with E-state index in [0.29, 0.717) is 6.42 Å². The summed E-state index contributed by atoms with van der Waals surface area (Å²) in [5.74, 6) is 1.47. The summed E-state index contributed by atoms with van der Waals surface area (Å²) in [5, 5.41) is 21.2. The molecule has 2 aliphatic rings. The van der Waals surface area contributed by atoms with Gasteiger partial charge in [0.25, 0.3) is 0 Å². The monoisotopic (exact) mass is 430 g/mol. The summed E-state index contributed by atoms with van der Waals surface area (Å²) in [6.07, 6.45) is -0.0720.